The summed E-state index contributed by atoms with van der Waals surface area (Å²) in [5.74, 6) is 0. The molecule has 2 N–H and O–H groups in total. The van der Waals surface area contributed by atoms with Crippen molar-refractivity contribution in [2.45, 2.75) is 6.54 Å². The minimum Gasteiger partial charge on any atom is -0.414 e. The molecule has 13 heavy (non-hydrogen) atoms. The molecule has 68 valence electrons. The number of hydrogen-bond acceptors (Lipinski definition) is 5. The predicted molar refractivity (Wildman–Crippen MR) is 49.0 cm³/mol. The third-order valence-electron chi connectivity index (χ3n) is 1.71. The summed E-state index contributed by atoms with van der Waals surface area (Å²) >= 11 is 1.05. The van der Waals surface area contributed by atoms with E-state index in [0.717, 1.165) is 21.6 Å². The highest BCUT2D eigenvalue weighted by Gasteiger charge is 2.05. The van der Waals surface area contributed by atoms with E-state index < -0.39 is 0 Å². The van der Waals surface area contributed by atoms with Gasteiger partial charge in [0.25, 0.3) is 0 Å². The maximum absolute atomic E-state index is 10.9. The number of rotatable bonds is 2. The Labute approximate surface area is 77.4 Å². The second kappa shape index (κ2) is 3.29. The fourth-order valence-corrected chi connectivity index (χ4v) is 1.96. The Morgan fingerprint density at radius 1 is 1.54 bits per heavy atom. The van der Waals surface area contributed by atoms with Crippen molar-refractivity contribution in [2.75, 3.05) is 0 Å². The summed E-state index contributed by atoms with van der Waals surface area (Å²) in [5, 5.41) is 8.53. The molecule has 0 saturated carbocycles. The van der Waals surface area contributed by atoms with Crippen LogP contribution in [0.5, 0.6) is 0 Å². The molecular weight excluding hydrogens is 190 g/mol. The zero-order valence-electron chi connectivity index (χ0n) is 6.61. The predicted octanol–water partition coefficient (Wildman–Crippen LogP) is 1.33. The first-order valence-corrected chi connectivity index (χ1v) is 4.51. The summed E-state index contributed by atoms with van der Waals surface area (Å²) in [7, 11) is 0. The average molecular weight is 197 g/mol. The van der Waals surface area contributed by atoms with Crippen LogP contribution in [-0.4, -0.2) is 5.21 Å². The van der Waals surface area contributed by atoms with Gasteiger partial charge in [-0.2, -0.15) is 0 Å². The van der Waals surface area contributed by atoms with Gasteiger partial charge in [0.15, 0.2) is 0 Å². The zero-order valence-corrected chi connectivity index (χ0v) is 7.43. The third-order valence-corrected chi connectivity index (χ3v) is 2.63. The van der Waals surface area contributed by atoms with Crippen LogP contribution in [0.1, 0.15) is 5.56 Å². The Morgan fingerprint density at radius 3 is 3.15 bits per heavy atom. The molecule has 0 fully saturated rings. The maximum Gasteiger partial charge on any atom is 0.396 e. The van der Waals surface area contributed by atoms with Crippen molar-refractivity contribution in [3.8, 4) is 0 Å². The fraction of sp³-hybridized carbons (Fsp3) is 0.125. The highest BCUT2D eigenvalue weighted by Crippen LogP contribution is 2.20. The van der Waals surface area contributed by atoms with Gasteiger partial charge >= 0.3 is 4.94 Å². The van der Waals surface area contributed by atoms with Gasteiger partial charge < -0.3 is 9.62 Å². The van der Waals surface area contributed by atoms with Crippen molar-refractivity contribution in [2.24, 2.45) is 0 Å². The summed E-state index contributed by atoms with van der Waals surface area (Å²) < 4.78 is 5.69. The van der Waals surface area contributed by atoms with Crippen LogP contribution in [0.3, 0.4) is 0 Å². The van der Waals surface area contributed by atoms with Gasteiger partial charge in [-0.1, -0.05) is 23.5 Å². The number of benzene rings is 1. The number of nitrogens with one attached hydrogen (secondary N) is 1. The van der Waals surface area contributed by atoms with E-state index in [0.29, 0.717) is 12.1 Å². The molecular formula is C8H7NO3S. The molecule has 0 aliphatic carbocycles. The van der Waals surface area contributed by atoms with Gasteiger partial charge in [0.2, 0.25) is 0 Å². The lowest BCUT2D eigenvalue weighted by atomic mass is 10.2. The molecule has 0 aliphatic rings. The second-order valence-electron chi connectivity index (χ2n) is 2.53. The van der Waals surface area contributed by atoms with Crippen LogP contribution in [-0.2, 0) is 6.54 Å². The summed E-state index contributed by atoms with van der Waals surface area (Å²) in [6.45, 7) is 0.312. The Bertz CT molecular complexity index is 473. The lowest BCUT2D eigenvalue weighted by Gasteiger charge is -1.97. The first-order valence-electron chi connectivity index (χ1n) is 3.70. The van der Waals surface area contributed by atoms with Crippen LogP contribution >= 0.6 is 11.3 Å². The van der Waals surface area contributed by atoms with E-state index in [4.69, 9.17) is 9.62 Å². The summed E-state index contributed by atoms with van der Waals surface area (Å²) in [6.07, 6.45) is 0. The van der Waals surface area contributed by atoms with Crippen molar-refractivity contribution in [1.82, 2.24) is 5.48 Å². The van der Waals surface area contributed by atoms with Crippen LogP contribution in [0.2, 0.25) is 0 Å². The van der Waals surface area contributed by atoms with Gasteiger partial charge in [-0.3, -0.25) is 0 Å². The quantitative estimate of drug-likeness (QED) is 0.713. The van der Waals surface area contributed by atoms with Crippen molar-refractivity contribution < 1.29 is 9.62 Å². The monoisotopic (exact) mass is 197 g/mol. The first-order chi connectivity index (χ1) is 6.31. The van der Waals surface area contributed by atoms with Crippen LogP contribution in [0.25, 0.3) is 10.3 Å². The smallest absolute Gasteiger partial charge is 0.396 e. The first kappa shape index (κ1) is 8.43. The Morgan fingerprint density at radius 2 is 2.38 bits per heavy atom. The molecule has 0 bridgehead atoms. The molecule has 0 saturated heterocycles. The largest absolute Gasteiger partial charge is 0.414 e. The van der Waals surface area contributed by atoms with Crippen molar-refractivity contribution in [3.05, 3.63) is 33.5 Å². The molecule has 1 aromatic carbocycles. The molecule has 0 spiro atoms. The Balaban J connectivity index is 2.67. The molecule has 0 unspecified atom stereocenters. The molecule has 0 radical (unpaired) electrons. The summed E-state index contributed by atoms with van der Waals surface area (Å²) in [4.78, 5) is 10.6. The SMILES string of the molecule is O=c1oc2cccc(CNO)c2s1. The van der Waals surface area contributed by atoms with E-state index in [1.165, 1.54) is 0 Å². The average Bonchev–Trinajstić information content (AvgIpc) is 2.47. The van der Waals surface area contributed by atoms with Gasteiger partial charge in [0.05, 0.1) is 4.70 Å². The zero-order chi connectivity index (χ0) is 9.26. The standard InChI is InChI=1S/C8H7NO3S/c10-8-12-6-3-1-2-5(4-9-11)7(6)13-8/h1-3,9,11H,4H2. The fourth-order valence-electron chi connectivity index (χ4n) is 1.18. The van der Waals surface area contributed by atoms with E-state index in [1.54, 1.807) is 12.1 Å². The molecule has 2 aromatic rings. The summed E-state index contributed by atoms with van der Waals surface area (Å²) in [6, 6.07) is 5.34. The molecule has 0 amide bonds. The van der Waals surface area contributed by atoms with Crippen LogP contribution < -0.4 is 10.4 Å². The van der Waals surface area contributed by atoms with Crippen molar-refractivity contribution in [1.29, 1.82) is 0 Å². The lowest BCUT2D eigenvalue weighted by Crippen LogP contribution is -2.05. The highest BCUT2D eigenvalue weighted by atomic mass is 32.1. The maximum atomic E-state index is 10.9. The normalized spacial score (nSPS) is 10.8. The Kier molecular flexibility index (Phi) is 2.13. The van der Waals surface area contributed by atoms with E-state index >= 15 is 0 Å². The molecule has 0 aliphatic heterocycles. The van der Waals surface area contributed by atoms with Crippen LogP contribution in [0, 0.1) is 0 Å². The van der Waals surface area contributed by atoms with Gasteiger partial charge in [-0.05, 0) is 11.6 Å². The molecule has 4 nitrogen and oxygen atoms in total. The van der Waals surface area contributed by atoms with Crippen LogP contribution in [0.15, 0.2) is 27.4 Å². The molecule has 0 atom stereocenters. The second-order valence-corrected chi connectivity index (χ2v) is 3.48. The highest BCUT2D eigenvalue weighted by molar-refractivity contribution is 7.16. The molecule has 1 aromatic heterocycles. The Hall–Kier alpha value is -1.17. The lowest BCUT2D eigenvalue weighted by molar-refractivity contribution is 0.161. The molecule has 2 rings (SSSR count). The van der Waals surface area contributed by atoms with Gasteiger partial charge in [-0.25, -0.2) is 10.3 Å². The van der Waals surface area contributed by atoms with E-state index in [2.05, 4.69) is 0 Å². The number of hydrogen-bond donors (Lipinski definition) is 2. The molecule has 5 heteroatoms. The number of fused-ring (bicyclic) bond motifs is 1. The van der Waals surface area contributed by atoms with E-state index in [9.17, 15) is 4.79 Å². The van der Waals surface area contributed by atoms with Crippen LogP contribution in [0.4, 0.5) is 0 Å². The topological polar surface area (TPSA) is 62.5 Å². The third kappa shape index (κ3) is 1.49. The van der Waals surface area contributed by atoms with Crippen molar-refractivity contribution in [3.63, 3.8) is 0 Å². The van der Waals surface area contributed by atoms with Gasteiger partial charge in [0.1, 0.15) is 5.58 Å². The van der Waals surface area contributed by atoms with E-state index in [-0.39, 0.29) is 4.94 Å². The molecule has 1 heterocycles. The minimum absolute atomic E-state index is 0.312. The van der Waals surface area contributed by atoms with Gasteiger partial charge in [-0.15, -0.1) is 0 Å². The van der Waals surface area contributed by atoms with Crippen molar-refractivity contribution >= 4 is 21.6 Å². The van der Waals surface area contributed by atoms with E-state index in [1.807, 2.05) is 11.5 Å². The number of hydroxylamine groups is 1. The minimum atomic E-state index is -0.319. The summed E-state index contributed by atoms with van der Waals surface area (Å²) in [5.41, 5.74) is 3.48. The van der Waals surface area contributed by atoms with Gasteiger partial charge in [0, 0.05) is 6.54 Å².